The molecule has 0 bridgehead atoms. The van der Waals surface area contributed by atoms with Crippen LogP contribution >= 0.6 is 0 Å². The lowest BCUT2D eigenvalue weighted by atomic mass is 10.2. The summed E-state index contributed by atoms with van der Waals surface area (Å²) in [7, 11) is 3.34. The Hall–Kier alpha value is -2.09. The van der Waals surface area contributed by atoms with E-state index < -0.39 is 0 Å². The zero-order valence-electron chi connectivity index (χ0n) is 9.80. The van der Waals surface area contributed by atoms with Crippen molar-refractivity contribution in [2.75, 3.05) is 14.1 Å². The van der Waals surface area contributed by atoms with Crippen molar-refractivity contribution in [2.45, 2.75) is 18.9 Å². The summed E-state index contributed by atoms with van der Waals surface area (Å²) in [6.07, 6.45) is 3.57. The van der Waals surface area contributed by atoms with Gasteiger partial charge in [0.15, 0.2) is 11.4 Å². The van der Waals surface area contributed by atoms with Crippen LogP contribution in [-0.2, 0) is 0 Å². The van der Waals surface area contributed by atoms with Crippen LogP contribution in [0.1, 0.15) is 28.9 Å². The van der Waals surface area contributed by atoms with Crippen molar-refractivity contribution in [1.29, 1.82) is 5.26 Å². The first-order valence-corrected chi connectivity index (χ1v) is 5.40. The van der Waals surface area contributed by atoms with E-state index in [1.807, 2.05) is 6.07 Å². The van der Waals surface area contributed by atoms with Gasteiger partial charge in [-0.2, -0.15) is 5.26 Å². The molecule has 1 aliphatic rings. The number of aromatic nitrogens is 1. The van der Waals surface area contributed by atoms with Crippen molar-refractivity contribution in [3.05, 3.63) is 23.5 Å². The molecule has 0 atom stereocenters. The Morgan fingerprint density at radius 2 is 2.29 bits per heavy atom. The summed E-state index contributed by atoms with van der Waals surface area (Å²) in [5.41, 5.74) is 0.664. The lowest BCUT2D eigenvalue weighted by Gasteiger charge is -2.12. The van der Waals surface area contributed by atoms with Crippen LogP contribution < -0.4 is 4.74 Å². The highest BCUT2D eigenvalue weighted by molar-refractivity contribution is 5.94. The fraction of sp³-hybridized carbons (Fsp3) is 0.417. The third-order valence-corrected chi connectivity index (χ3v) is 2.43. The first-order valence-electron chi connectivity index (χ1n) is 5.40. The van der Waals surface area contributed by atoms with Gasteiger partial charge in [-0.15, -0.1) is 0 Å². The summed E-state index contributed by atoms with van der Waals surface area (Å²) < 4.78 is 5.56. The molecule has 17 heavy (non-hydrogen) atoms. The van der Waals surface area contributed by atoms with Gasteiger partial charge in [-0.3, -0.25) is 4.79 Å². The summed E-state index contributed by atoms with van der Waals surface area (Å²) in [5.74, 6) is 0.255. The molecule has 0 saturated heterocycles. The zero-order chi connectivity index (χ0) is 12.4. The highest BCUT2D eigenvalue weighted by Gasteiger charge is 2.25. The number of ether oxygens (including phenoxy) is 1. The number of carbonyl (C=O) groups excluding carboxylic acids is 1. The Balaban J connectivity index is 2.30. The molecule has 88 valence electrons. The second kappa shape index (κ2) is 4.42. The van der Waals surface area contributed by atoms with Crippen LogP contribution in [0.4, 0.5) is 0 Å². The molecule has 0 radical (unpaired) electrons. The minimum Gasteiger partial charge on any atom is -0.487 e. The number of amides is 1. The van der Waals surface area contributed by atoms with Crippen molar-refractivity contribution in [3.63, 3.8) is 0 Å². The Bertz CT molecular complexity index is 487. The van der Waals surface area contributed by atoms with Crippen LogP contribution in [0.2, 0.25) is 0 Å². The second-order valence-corrected chi connectivity index (χ2v) is 4.20. The summed E-state index contributed by atoms with van der Waals surface area (Å²) in [6, 6.07) is 3.55. The van der Waals surface area contributed by atoms with Crippen LogP contribution in [-0.4, -0.2) is 36.0 Å². The van der Waals surface area contributed by atoms with Gasteiger partial charge >= 0.3 is 0 Å². The molecular weight excluding hydrogens is 218 g/mol. The van der Waals surface area contributed by atoms with Crippen molar-refractivity contribution in [1.82, 2.24) is 9.88 Å². The Kier molecular flexibility index (Phi) is 2.96. The zero-order valence-corrected chi connectivity index (χ0v) is 9.80. The molecule has 1 fully saturated rings. The van der Waals surface area contributed by atoms with E-state index in [1.165, 1.54) is 11.1 Å². The van der Waals surface area contributed by atoms with E-state index in [0.717, 1.165) is 12.8 Å². The van der Waals surface area contributed by atoms with E-state index in [1.54, 1.807) is 20.2 Å². The van der Waals surface area contributed by atoms with Crippen molar-refractivity contribution >= 4 is 5.91 Å². The fourth-order valence-electron chi connectivity index (χ4n) is 1.36. The van der Waals surface area contributed by atoms with Gasteiger partial charge in [-0.25, -0.2) is 4.98 Å². The number of nitriles is 1. The molecule has 0 aromatic carbocycles. The standard InChI is InChI=1S/C12H13N3O2/c1-15(2)12(16)8-5-11(17-9-3-4-9)10(6-13)14-7-8/h5,7,9H,3-4H2,1-2H3. The van der Waals surface area contributed by atoms with Crippen molar-refractivity contribution in [3.8, 4) is 11.8 Å². The predicted octanol–water partition coefficient (Wildman–Crippen LogP) is 1.20. The summed E-state index contributed by atoms with van der Waals surface area (Å²) in [4.78, 5) is 17.2. The first-order chi connectivity index (χ1) is 8.11. The molecule has 5 heteroatoms. The van der Waals surface area contributed by atoms with Gasteiger partial charge < -0.3 is 9.64 Å². The second-order valence-electron chi connectivity index (χ2n) is 4.20. The average molecular weight is 231 g/mol. The first kappa shape index (κ1) is 11.4. The van der Waals surface area contributed by atoms with Gasteiger partial charge in [0.1, 0.15) is 6.07 Å². The normalized spacial score (nSPS) is 13.9. The average Bonchev–Trinajstić information content (AvgIpc) is 3.11. The lowest BCUT2D eigenvalue weighted by Crippen LogP contribution is -2.22. The number of carbonyl (C=O) groups is 1. The molecule has 5 nitrogen and oxygen atoms in total. The van der Waals surface area contributed by atoms with Crippen molar-refractivity contribution < 1.29 is 9.53 Å². The highest BCUT2D eigenvalue weighted by Crippen LogP contribution is 2.28. The SMILES string of the molecule is CN(C)C(=O)c1cnc(C#N)c(OC2CC2)c1. The Labute approximate surface area is 99.6 Å². The number of rotatable bonds is 3. The van der Waals surface area contributed by atoms with Crippen LogP contribution in [0.15, 0.2) is 12.3 Å². The molecule has 2 rings (SSSR count). The number of hydrogen-bond acceptors (Lipinski definition) is 4. The van der Waals surface area contributed by atoms with Crippen LogP contribution in [0.5, 0.6) is 5.75 Å². The summed E-state index contributed by atoms with van der Waals surface area (Å²) in [6.45, 7) is 0. The number of nitrogens with zero attached hydrogens (tertiary/aromatic N) is 3. The smallest absolute Gasteiger partial charge is 0.255 e. The van der Waals surface area contributed by atoms with Gasteiger partial charge in [0.25, 0.3) is 5.91 Å². The van der Waals surface area contributed by atoms with Crippen LogP contribution in [0.3, 0.4) is 0 Å². The quantitative estimate of drug-likeness (QED) is 0.783. The molecule has 1 amide bonds. The number of pyridine rings is 1. The maximum atomic E-state index is 11.7. The molecule has 1 aromatic heterocycles. The van der Waals surface area contributed by atoms with E-state index >= 15 is 0 Å². The van der Waals surface area contributed by atoms with Crippen LogP contribution in [0.25, 0.3) is 0 Å². The molecule has 1 heterocycles. The van der Waals surface area contributed by atoms with E-state index in [-0.39, 0.29) is 17.7 Å². The van der Waals surface area contributed by atoms with E-state index in [9.17, 15) is 4.79 Å². The highest BCUT2D eigenvalue weighted by atomic mass is 16.5. The third-order valence-electron chi connectivity index (χ3n) is 2.43. The van der Waals surface area contributed by atoms with Crippen LogP contribution in [0, 0.1) is 11.3 Å². The lowest BCUT2D eigenvalue weighted by molar-refractivity contribution is 0.0826. The van der Waals surface area contributed by atoms with Gasteiger partial charge in [-0.05, 0) is 18.9 Å². The predicted molar refractivity (Wildman–Crippen MR) is 60.6 cm³/mol. The fourth-order valence-corrected chi connectivity index (χ4v) is 1.36. The molecule has 1 saturated carbocycles. The molecule has 0 spiro atoms. The Morgan fingerprint density at radius 1 is 1.59 bits per heavy atom. The van der Waals surface area contributed by atoms with Crippen molar-refractivity contribution in [2.24, 2.45) is 0 Å². The van der Waals surface area contributed by atoms with Gasteiger partial charge in [0, 0.05) is 20.3 Å². The maximum absolute atomic E-state index is 11.7. The van der Waals surface area contributed by atoms with E-state index in [0.29, 0.717) is 11.3 Å². The molecule has 0 unspecified atom stereocenters. The van der Waals surface area contributed by atoms with Gasteiger partial charge in [0.05, 0.1) is 11.7 Å². The van der Waals surface area contributed by atoms with E-state index in [4.69, 9.17) is 10.00 Å². The molecule has 1 aliphatic carbocycles. The van der Waals surface area contributed by atoms with Gasteiger partial charge in [-0.1, -0.05) is 0 Å². The molecule has 0 aliphatic heterocycles. The molecule has 1 aromatic rings. The summed E-state index contributed by atoms with van der Waals surface area (Å²) >= 11 is 0. The topological polar surface area (TPSA) is 66.2 Å². The monoisotopic (exact) mass is 231 g/mol. The molecule has 0 N–H and O–H groups in total. The van der Waals surface area contributed by atoms with E-state index in [2.05, 4.69) is 4.98 Å². The summed E-state index contributed by atoms with van der Waals surface area (Å²) in [5, 5.41) is 8.90. The molecular formula is C12H13N3O2. The minimum atomic E-state index is -0.150. The third kappa shape index (κ3) is 2.53. The Morgan fingerprint density at radius 3 is 2.82 bits per heavy atom. The van der Waals surface area contributed by atoms with Gasteiger partial charge in [0.2, 0.25) is 0 Å². The maximum Gasteiger partial charge on any atom is 0.255 e. The number of hydrogen-bond donors (Lipinski definition) is 0. The minimum absolute atomic E-state index is 0.150. The largest absolute Gasteiger partial charge is 0.487 e.